The van der Waals surface area contributed by atoms with Gasteiger partial charge in [-0.15, -0.1) is 0 Å². The summed E-state index contributed by atoms with van der Waals surface area (Å²) in [5.41, 5.74) is 0.317. The van der Waals surface area contributed by atoms with Gasteiger partial charge >= 0.3 is 0 Å². The van der Waals surface area contributed by atoms with E-state index in [4.69, 9.17) is 4.42 Å². The van der Waals surface area contributed by atoms with Crippen molar-refractivity contribution in [2.24, 2.45) is 7.05 Å². The lowest BCUT2D eigenvalue weighted by molar-refractivity contribution is 0.488. The Bertz CT molecular complexity index is 717. The predicted octanol–water partition coefficient (Wildman–Crippen LogP) is 3.49. The summed E-state index contributed by atoms with van der Waals surface area (Å²) in [4.78, 5) is 4.27. The molecule has 0 aliphatic rings. The first-order chi connectivity index (χ1) is 10.1. The fourth-order valence-corrected chi connectivity index (χ4v) is 2.18. The minimum atomic E-state index is -0.643. The molecule has 0 fully saturated rings. The van der Waals surface area contributed by atoms with Crippen LogP contribution in [0.4, 0.5) is 14.5 Å². The number of hydrogen-bond acceptors (Lipinski definition) is 3. The number of benzene rings is 1. The Kier molecular flexibility index (Phi) is 3.43. The highest BCUT2D eigenvalue weighted by Gasteiger charge is 2.21. The Morgan fingerprint density at radius 1 is 1.24 bits per heavy atom. The lowest BCUT2D eigenvalue weighted by Gasteiger charge is -2.18. The van der Waals surface area contributed by atoms with Crippen molar-refractivity contribution in [1.29, 1.82) is 0 Å². The largest absolute Gasteiger partial charge is 0.467 e. The molecule has 0 saturated heterocycles. The molecule has 0 saturated carbocycles. The van der Waals surface area contributed by atoms with Crippen molar-refractivity contribution < 1.29 is 13.2 Å². The van der Waals surface area contributed by atoms with Crippen molar-refractivity contribution in [2.75, 3.05) is 5.32 Å². The minimum absolute atomic E-state index is 0.317. The van der Waals surface area contributed by atoms with Gasteiger partial charge in [-0.2, -0.15) is 0 Å². The van der Waals surface area contributed by atoms with Crippen molar-refractivity contribution in [3.63, 3.8) is 0 Å². The van der Waals surface area contributed by atoms with Crippen LogP contribution in [-0.4, -0.2) is 9.55 Å². The molecule has 4 nitrogen and oxygen atoms in total. The zero-order valence-corrected chi connectivity index (χ0v) is 11.3. The van der Waals surface area contributed by atoms with Gasteiger partial charge in [0, 0.05) is 31.2 Å². The Balaban J connectivity index is 1.99. The number of imidazole rings is 1. The molecule has 2 aromatic heterocycles. The summed E-state index contributed by atoms with van der Waals surface area (Å²) in [5, 5.41) is 3.05. The van der Waals surface area contributed by atoms with Gasteiger partial charge in [-0.3, -0.25) is 0 Å². The summed E-state index contributed by atoms with van der Waals surface area (Å²) < 4.78 is 33.9. The number of halogens is 2. The molecule has 0 spiro atoms. The molecular weight excluding hydrogens is 276 g/mol. The van der Waals surface area contributed by atoms with Gasteiger partial charge in [-0.05, 0) is 24.3 Å². The van der Waals surface area contributed by atoms with E-state index >= 15 is 0 Å². The molecule has 1 N–H and O–H groups in total. The second-order valence-corrected chi connectivity index (χ2v) is 4.65. The van der Waals surface area contributed by atoms with Gasteiger partial charge < -0.3 is 14.3 Å². The smallest absolute Gasteiger partial charge is 0.143 e. The number of rotatable bonds is 4. The number of aryl methyl sites for hydroxylation is 1. The highest BCUT2D eigenvalue weighted by molar-refractivity contribution is 5.47. The van der Waals surface area contributed by atoms with Crippen molar-refractivity contribution in [3.8, 4) is 0 Å². The van der Waals surface area contributed by atoms with Gasteiger partial charge in [0.15, 0.2) is 0 Å². The fourth-order valence-electron chi connectivity index (χ4n) is 2.18. The Morgan fingerprint density at radius 2 is 2.00 bits per heavy atom. The van der Waals surface area contributed by atoms with E-state index in [2.05, 4.69) is 10.3 Å². The first-order valence-electron chi connectivity index (χ1n) is 6.37. The van der Waals surface area contributed by atoms with Gasteiger partial charge in [0.25, 0.3) is 0 Å². The van der Waals surface area contributed by atoms with Crippen LogP contribution in [0.1, 0.15) is 17.6 Å². The van der Waals surface area contributed by atoms with Gasteiger partial charge in [0.1, 0.15) is 29.3 Å². The van der Waals surface area contributed by atoms with Crippen molar-refractivity contribution in [3.05, 3.63) is 72.2 Å². The van der Waals surface area contributed by atoms with E-state index in [-0.39, 0.29) is 0 Å². The fraction of sp³-hybridized carbons (Fsp3) is 0.133. The molecule has 108 valence electrons. The van der Waals surface area contributed by atoms with Crippen molar-refractivity contribution >= 4 is 5.69 Å². The number of hydrogen-bond donors (Lipinski definition) is 1. The topological polar surface area (TPSA) is 43.0 Å². The van der Waals surface area contributed by atoms with Crippen molar-refractivity contribution in [1.82, 2.24) is 9.55 Å². The molecule has 1 unspecified atom stereocenters. The third kappa shape index (κ3) is 2.79. The molecule has 1 aromatic carbocycles. The Labute approximate surface area is 120 Å². The van der Waals surface area contributed by atoms with Gasteiger partial charge in [-0.1, -0.05) is 0 Å². The maximum Gasteiger partial charge on any atom is 0.143 e. The summed E-state index contributed by atoms with van der Waals surface area (Å²) in [6, 6.07) is 6.36. The van der Waals surface area contributed by atoms with Gasteiger partial charge in [0.05, 0.1) is 6.26 Å². The third-order valence-corrected chi connectivity index (χ3v) is 3.12. The average Bonchev–Trinajstić information content (AvgIpc) is 3.06. The quantitative estimate of drug-likeness (QED) is 0.799. The second kappa shape index (κ2) is 5.40. The summed E-state index contributed by atoms with van der Waals surface area (Å²) in [6.45, 7) is 0. The van der Waals surface area contributed by atoms with Crippen LogP contribution in [0.25, 0.3) is 0 Å². The lowest BCUT2D eigenvalue weighted by atomic mass is 10.2. The third-order valence-electron chi connectivity index (χ3n) is 3.12. The molecule has 3 aromatic rings. The average molecular weight is 289 g/mol. The van der Waals surface area contributed by atoms with Crippen LogP contribution in [0, 0.1) is 11.6 Å². The molecule has 0 amide bonds. The maximum atomic E-state index is 13.3. The van der Waals surface area contributed by atoms with Crippen LogP contribution in [0.5, 0.6) is 0 Å². The number of aromatic nitrogens is 2. The lowest BCUT2D eigenvalue weighted by Crippen LogP contribution is -2.16. The summed E-state index contributed by atoms with van der Waals surface area (Å²) in [6.07, 6.45) is 4.98. The normalized spacial score (nSPS) is 12.3. The Morgan fingerprint density at radius 3 is 2.57 bits per heavy atom. The molecule has 1 atom stereocenters. The highest BCUT2D eigenvalue weighted by atomic mass is 19.1. The Hall–Kier alpha value is -2.63. The van der Waals surface area contributed by atoms with Crippen LogP contribution in [-0.2, 0) is 7.05 Å². The van der Waals surface area contributed by atoms with E-state index in [1.165, 1.54) is 12.1 Å². The second-order valence-electron chi connectivity index (χ2n) is 4.65. The maximum absolute atomic E-state index is 13.3. The number of anilines is 1. The van der Waals surface area contributed by atoms with Crippen LogP contribution in [0.2, 0.25) is 0 Å². The van der Waals surface area contributed by atoms with E-state index in [1.807, 2.05) is 11.6 Å². The first-order valence-corrected chi connectivity index (χ1v) is 6.37. The van der Waals surface area contributed by atoms with E-state index in [1.54, 1.807) is 30.8 Å². The molecular formula is C15H13F2N3O. The standard InChI is InChI=1S/C15H13F2N3O/c1-20-5-4-18-15(20)14(13-3-2-6-21-13)19-12-8-10(16)7-11(17)9-12/h2-9,14,19H,1H3. The SMILES string of the molecule is Cn1ccnc1C(Nc1cc(F)cc(F)c1)c1ccco1. The molecule has 0 bridgehead atoms. The van der Waals surface area contributed by atoms with Crippen LogP contribution >= 0.6 is 0 Å². The molecule has 2 heterocycles. The summed E-state index contributed by atoms with van der Waals surface area (Å²) in [7, 11) is 1.84. The predicted molar refractivity (Wildman–Crippen MR) is 73.7 cm³/mol. The number of nitrogens with one attached hydrogen (secondary N) is 1. The van der Waals surface area contributed by atoms with Crippen LogP contribution in [0.15, 0.2) is 53.4 Å². The van der Waals surface area contributed by atoms with Gasteiger partial charge in [0.2, 0.25) is 0 Å². The molecule has 6 heteroatoms. The van der Waals surface area contributed by atoms with Crippen molar-refractivity contribution in [2.45, 2.75) is 6.04 Å². The molecule has 0 aliphatic heterocycles. The van der Waals surface area contributed by atoms with Crippen LogP contribution in [0.3, 0.4) is 0 Å². The molecule has 0 radical (unpaired) electrons. The monoisotopic (exact) mass is 289 g/mol. The summed E-state index contributed by atoms with van der Waals surface area (Å²) >= 11 is 0. The van der Waals surface area contributed by atoms with E-state index in [0.717, 1.165) is 6.07 Å². The highest BCUT2D eigenvalue weighted by Crippen LogP contribution is 2.26. The zero-order chi connectivity index (χ0) is 14.8. The summed E-state index contributed by atoms with van der Waals surface area (Å²) in [5.74, 6) is -0.00495. The number of furan rings is 1. The van der Waals surface area contributed by atoms with E-state index in [9.17, 15) is 8.78 Å². The number of nitrogens with zero attached hydrogens (tertiary/aromatic N) is 2. The van der Waals surface area contributed by atoms with Gasteiger partial charge in [-0.25, -0.2) is 13.8 Å². The minimum Gasteiger partial charge on any atom is -0.467 e. The first kappa shape index (κ1) is 13.4. The molecule has 0 aliphatic carbocycles. The zero-order valence-electron chi connectivity index (χ0n) is 11.3. The molecule has 3 rings (SSSR count). The van der Waals surface area contributed by atoms with E-state index < -0.39 is 17.7 Å². The van der Waals surface area contributed by atoms with Crippen LogP contribution < -0.4 is 5.32 Å². The molecule has 21 heavy (non-hydrogen) atoms. The van der Waals surface area contributed by atoms with E-state index in [0.29, 0.717) is 17.3 Å².